The summed E-state index contributed by atoms with van der Waals surface area (Å²) in [6.45, 7) is 0.434. The largest absolute Gasteiger partial charge is 0.507 e. The fourth-order valence-corrected chi connectivity index (χ4v) is 3.55. The molecule has 0 fully saturated rings. The van der Waals surface area contributed by atoms with E-state index in [0.29, 0.717) is 12.1 Å². The third-order valence-electron chi connectivity index (χ3n) is 3.21. The van der Waals surface area contributed by atoms with Gasteiger partial charge in [-0.25, -0.2) is 0 Å². The molecule has 0 aliphatic rings. The van der Waals surface area contributed by atoms with E-state index < -0.39 is 0 Å². The number of halogens is 1. The zero-order chi connectivity index (χ0) is 14.8. The first-order chi connectivity index (χ1) is 10.1. The normalized spacial score (nSPS) is 10.7. The van der Waals surface area contributed by atoms with Crippen LogP contribution in [-0.4, -0.2) is 11.0 Å². The molecule has 0 atom stereocenters. The highest BCUT2D eigenvalue weighted by Gasteiger charge is 2.13. The number of nitrogens with one attached hydrogen (secondary N) is 1. The lowest BCUT2D eigenvalue weighted by Gasteiger charge is -2.08. The van der Waals surface area contributed by atoms with Gasteiger partial charge < -0.3 is 10.4 Å². The minimum atomic E-state index is -0.279. The Bertz CT molecular complexity index is 813. The molecule has 0 bridgehead atoms. The van der Waals surface area contributed by atoms with Crippen molar-refractivity contribution in [2.45, 2.75) is 6.54 Å². The van der Waals surface area contributed by atoms with E-state index in [1.54, 1.807) is 23.5 Å². The molecule has 1 amide bonds. The second-order valence-electron chi connectivity index (χ2n) is 4.59. The molecule has 3 rings (SSSR count). The fourth-order valence-electron chi connectivity index (χ4n) is 2.12. The Morgan fingerprint density at radius 1 is 1.19 bits per heavy atom. The van der Waals surface area contributed by atoms with Crippen LogP contribution in [-0.2, 0) is 6.54 Å². The van der Waals surface area contributed by atoms with Crippen molar-refractivity contribution in [3.05, 3.63) is 62.8 Å². The minimum Gasteiger partial charge on any atom is -0.507 e. The molecule has 2 aromatic carbocycles. The lowest BCUT2D eigenvalue weighted by atomic mass is 10.1. The molecule has 2 N–H and O–H groups in total. The molecular formula is C16H12BrNO2S. The van der Waals surface area contributed by atoms with E-state index in [2.05, 4.69) is 21.2 Å². The highest BCUT2D eigenvalue weighted by Crippen LogP contribution is 2.26. The number of fused-ring (bicyclic) bond motifs is 1. The first-order valence-electron chi connectivity index (χ1n) is 6.37. The monoisotopic (exact) mass is 361 g/mol. The van der Waals surface area contributed by atoms with Crippen molar-refractivity contribution >= 4 is 43.9 Å². The van der Waals surface area contributed by atoms with Crippen molar-refractivity contribution in [3.63, 3.8) is 0 Å². The third-order valence-corrected chi connectivity index (χ3v) is 5.14. The lowest BCUT2D eigenvalue weighted by Crippen LogP contribution is -2.22. The van der Waals surface area contributed by atoms with Crippen molar-refractivity contribution in [1.82, 2.24) is 5.32 Å². The van der Waals surface area contributed by atoms with Crippen LogP contribution in [0.15, 0.2) is 52.3 Å². The summed E-state index contributed by atoms with van der Waals surface area (Å²) in [7, 11) is 0. The van der Waals surface area contributed by atoms with E-state index in [4.69, 9.17) is 0 Å². The van der Waals surface area contributed by atoms with Crippen LogP contribution in [0.2, 0.25) is 0 Å². The Morgan fingerprint density at radius 3 is 2.57 bits per heavy atom. The smallest absolute Gasteiger partial charge is 0.255 e. The Labute approximate surface area is 134 Å². The van der Waals surface area contributed by atoms with Crippen LogP contribution in [0.25, 0.3) is 10.8 Å². The highest BCUT2D eigenvalue weighted by atomic mass is 79.9. The maximum absolute atomic E-state index is 12.2. The molecule has 0 aliphatic heterocycles. The van der Waals surface area contributed by atoms with E-state index in [0.717, 1.165) is 20.1 Å². The van der Waals surface area contributed by atoms with Crippen molar-refractivity contribution in [2.75, 3.05) is 0 Å². The number of benzene rings is 2. The van der Waals surface area contributed by atoms with Gasteiger partial charge in [0.2, 0.25) is 0 Å². The molecule has 1 heterocycles. The summed E-state index contributed by atoms with van der Waals surface area (Å²) in [6, 6.07) is 12.9. The quantitative estimate of drug-likeness (QED) is 0.730. The molecule has 0 spiro atoms. The number of amides is 1. The van der Waals surface area contributed by atoms with Crippen LogP contribution in [0.1, 0.15) is 15.2 Å². The third kappa shape index (κ3) is 2.94. The summed E-state index contributed by atoms with van der Waals surface area (Å²) in [5, 5.41) is 16.6. The summed E-state index contributed by atoms with van der Waals surface area (Å²) >= 11 is 5.00. The molecule has 106 valence electrons. The first-order valence-corrected chi connectivity index (χ1v) is 8.04. The van der Waals surface area contributed by atoms with Gasteiger partial charge in [-0.15, -0.1) is 11.3 Å². The predicted octanol–water partition coefficient (Wildman–Crippen LogP) is 4.30. The number of hydrogen-bond acceptors (Lipinski definition) is 3. The second kappa shape index (κ2) is 5.87. The molecule has 3 aromatic rings. The SMILES string of the molecule is O=C(NCc1sccc1Br)c1cc2ccccc2cc1O. The topological polar surface area (TPSA) is 49.3 Å². The number of carbonyl (C=O) groups excluding carboxylic acids is 1. The van der Waals surface area contributed by atoms with Crippen LogP contribution in [0.4, 0.5) is 0 Å². The van der Waals surface area contributed by atoms with E-state index in [9.17, 15) is 9.90 Å². The zero-order valence-electron chi connectivity index (χ0n) is 11.0. The van der Waals surface area contributed by atoms with Crippen molar-refractivity contribution in [2.24, 2.45) is 0 Å². The van der Waals surface area contributed by atoms with Gasteiger partial charge in [0, 0.05) is 9.35 Å². The van der Waals surface area contributed by atoms with Gasteiger partial charge in [0.1, 0.15) is 5.75 Å². The lowest BCUT2D eigenvalue weighted by molar-refractivity contribution is 0.0949. The standard InChI is InChI=1S/C16H12BrNO2S/c17-13-5-6-21-15(13)9-18-16(20)12-7-10-3-1-2-4-11(10)8-14(12)19/h1-8,19H,9H2,(H,18,20). The van der Waals surface area contributed by atoms with Gasteiger partial charge in [0.25, 0.3) is 5.91 Å². The molecule has 0 saturated carbocycles. The zero-order valence-corrected chi connectivity index (χ0v) is 13.4. The van der Waals surface area contributed by atoms with Gasteiger partial charge in [0.05, 0.1) is 12.1 Å². The second-order valence-corrected chi connectivity index (χ2v) is 6.45. The Morgan fingerprint density at radius 2 is 1.90 bits per heavy atom. The van der Waals surface area contributed by atoms with Gasteiger partial charge >= 0.3 is 0 Å². The molecule has 1 aromatic heterocycles. The molecular weight excluding hydrogens is 350 g/mol. The molecule has 0 saturated heterocycles. The fraction of sp³-hybridized carbons (Fsp3) is 0.0625. The van der Waals surface area contributed by atoms with Crippen LogP contribution >= 0.6 is 27.3 Å². The van der Waals surface area contributed by atoms with Gasteiger partial charge in [-0.1, -0.05) is 24.3 Å². The average molecular weight is 362 g/mol. The van der Waals surface area contributed by atoms with Crippen LogP contribution in [0.5, 0.6) is 5.75 Å². The average Bonchev–Trinajstić information content (AvgIpc) is 2.89. The number of phenols is 1. The van der Waals surface area contributed by atoms with Gasteiger partial charge in [-0.3, -0.25) is 4.79 Å². The number of thiophene rings is 1. The predicted molar refractivity (Wildman–Crippen MR) is 88.8 cm³/mol. The number of phenolic OH excluding ortho intramolecular Hbond substituents is 1. The summed E-state index contributed by atoms with van der Waals surface area (Å²) in [5.41, 5.74) is 0.293. The highest BCUT2D eigenvalue weighted by molar-refractivity contribution is 9.10. The van der Waals surface area contributed by atoms with Gasteiger partial charge in [-0.2, -0.15) is 0 Å². The van der Waals surface area contributed by atoms with Crippen molar-refractivity contribution in [3.8, 4) is 5.75 Å². The van der Waals surface area contributed by atoms with Gasteiger partial charge in [0.15, 0.2) is 0 Å². The maximum atomic E-state index is 12.2. The molecule has 0 aliphatic carbocycles. The van der Waals surface area contributed by atoms with Crippen LogP contribution in [0, 0.1) is 0 Å². The van der Waals surface area contributed by atoms with Crippen molar-refractivity contribution < 1.29 is 9.90 Å². The molecule has 21 heavy (non-hydrogen) atoms. The van der Waals surface area contributed by atoms with E-state index >= 15 is 0 Å². The van der Waals surface area contributed by atoms with Crippen LogP contribution < -0.4 is 5.32 Å². The summed E-state index contributed by atoms with van der Waals surface area (Å²) in [6.07, 6.45) is 0. The first kappa shape index (κ1) is 14.1. The van der Waals surface area contributed by atoms with E-state index in [1.807, 2.05) is 35.7 Å². The number of hydrogen-bond donors (Lipinski definition) is 2. The number of rotatable bonds is 3. The minimum absolute atomic E-state index is 0.00329. The van der Waals surface area contributed by atoms with E-state index in [-0.39, 0.29) is 11.7 Å². The number of carbonyl (C=O) groups is 1. The molecule has 0 unspecified atom stereocenters. The summed E-state index contributed by atoms with van der Waals surface area (Å²) < 4.78 is 0.982. The van der Waals surface area contributed by atoms with Crippen molar-refractivity contribution in [1.29, 1.82) is 0 Å². The van der Waals surface area contributed by atoms with Gasteiger partial charge in [-0.05, 0) is 50.3 Å². The summed E-state index contributed by atoms with van der Waals surface area (Å²) in [5.74, 6) is -0.282. The Balaban J connectivity index is 1.84. The Kier molecular flexibility index (Phi) is 3.94. The Hall–Kier alpha value is -1.85. The van der Waals surface area contributed by atoms with E-state index in [1.165, 1.54) is 0 Å². The molecule has 0 radical (unpaired) electrons. The maximum Gasteiger partial charge on any atom is 0.255 e. The number of aromatic hydroxyl groups is 1. The van der Waals surface area contributed by atoms with Crippen LogP contribution in [0.3, 0.4) is 0 Å². The molecule has 3 nitrogen and oxygen atoms in total. The molecule has 5 heteroatoms. The summed E-state index contributed by atoms with van der Waals surface area (Å²) in [4.78, 5) is 13.3.